The first kappa shape index (κ1) is 46.1. The molecule has 10 aromatic rings. The van der Waals surface area contributed by atoms with Crippen molar-refractivity contribution >= 4 is 60.7 Å². The lowest BCUT2D eigenvalue weighted by Gasteiger charge is -2.27. The van der Waals surface area contributed by atoms with Gasteiger partial charge in [-0.25, -0.2) is 0 Å². The van der Waals surface area contributed by atoms with E-state index in [1.807, 2.05) is 60.7 Å². The van der Waals surface area contributed by atoms with Gasteiger partial charge in [-0.1, -0.05) is 133 Å². The van der Waals surface area contributed by atoms with Gasteiger partial charge in [0.15, 0.2) is 23.0 Å². The molecule has 10 nitrogen and oxygen atoms in total. The van der Waals surface area contributed by atoms with Crippen molar-refractivity contribution in [2.75, 3.05) is 9.80 Å². The zero-order valence-electron chi connectivity index (χ0n) is 39.1. The van der Waals surface area contributed by atoms with Crippen LogP contribution in [0.15, 0.2) is 206 Å². The third kappa shape index (κ3) is 8.47. The van der Waals surface area contributed by atoms with Crippen molar-refractivity contribution in [3.8, 4) is 102 Å². The van der Waals surface area contributed by atoms with Crippen LogP contribution in [-0.4, -0.2) is 56.5 Å². The van der Waals surface area contributed by atoms with Crippen LogP contribution in [0.4, 0.5) is 34.1 Å². The highest BCUT2D eigenvalue weighted by Gasteiger charge is 2.24. The smallest absolute Gasteiger partial charge is 0.204 e. The van der Waals surface area contributed by atoms with Crippen LogP contribution in [0.25, 0.3) is 55.6 Å². The van der Waals surface area contributed by atoms with E-state index in [-0.39, 0.29) is 27.8 Å². The van der Waals surface area contributed by atoms with Crippen molar-refractivity contribution in [2.24, 2.45) is 0 Å². The van der Waals surface area contributed by atoms with Crippen LogP contribution in [0.1, 0.15) is 0 Å². The van der Waals surface area contributed by atoms with Gasteiger partial charge in [-0.2, -0.15) is 0 Å². The maximum atomic E-state index is 10.9. The van der Waals surface area contributed by atoms with Gasteiger partial charge < -0.3 is 50.7 Å². The van der Waals surface area contributed by atoms with Crippen molar-refractivity contribution in [1.29, 1.82) is 0 Å². The minimum Gasteiger partial charge on any atom is -0.508 e. The van der Waals surface area contributed by atoms with E-state index in [0.717, 1.165) is 67.5 Å². The summed E-state index contributed by atoms with van der Waals surface area (Å²) < 4.78 is 0. The van der Waals surface area contributed by atoms with E-state index in [9.17, 15) is 40.9 Å². The topological polar surface area (TPSA) is 168 Å². The second kappa shape index (κ2) is 19.0. The molecule has 10 aromatic carbocycles. The molecule has 0 radical (unpaired) electrons. The summed E-state index contributed by atoms with van der Waals surface area (Å²) in [5, 5.41) is 84.1. The number of hydrogen-bond acceptors (Lipinski definition) is 10. The minimum atomic E-state index is -0.793. The SMILES string of the molecule is Bc1c(O)c(O)c(O)c(-c2ccc(N(c3ccc(-c4ccccc4)cc3)c3ccc(-c4ccc(N(c5ccc(-c6ccccc6)cc5)c5ccc(-c6c(B)c(O)c(O)c(O)c6O)cc5)cc4)cc3)cc2)c1O. The van der Waals surface area contributed by atoms with Crippen molar-refractivity contribution in [3.63, 3.8) is 0 Å². The van der Waals surface area contributed by atoms with Gasteiger partial charge in [0.25, 0.3) is 0 Å². The number of hydrogen-bond donors (Lipinski definition) is 8. The monoisotopic (exact) mass is 944 g/mol. The molecule has 0 fully saturated rings. The van der Waals surface area contributed by atoms with Gasteiger partial charge in [-0.15, -0.1) is 0 Å². The molecule has 0 spiro atoms. The first-order chi connectivity index (χ1) is 34.9. The molecule has 8 N–H and O–H groups in total. The van der Waals surface area contributed by atoms with Crippen molar-refractivity contribution < 1.29 is 40.9 Å². The summed E-state index contributed by atoms with van der Waals surface area (Å²) in [5.41, 5.74) is 12.9. The number of rotatable bonds is 11. The molecular weight excluding hydrogens is 898 g/mol. The van der Waals surface area contributed by atoms with Gasteiger partial charge in [0.1, 0.15) is 21.4 Å². The van der Waals surface area contributed by atoms with Crippen LogP contribution in [0, 0.1) is 0 Å². The number of phenolic OH excluding ortho intramolecular Hbond substituents is 8. The van der Waals surface area contributed by atoms with Gasteiger partial charge in [0, 0.05) is 39.7 Å². The summed E-state index contributed by atoms with van der Waals surface area (Å²) in [4.78, 5) is 4.22. The molecule has 0 amide bonds. The Hall–Kier alpha value is -9.67. The lowest BCUT2D eigenvalue weighted by atomic mass is 9.84. The maximum Gasteiger partial charge on any atom is 0.204 e. The molecule has 0 unspecified atom stereocenters. The fourth-order valence-corrected chi connectivity index (χ4v) is 9.18. The molecule has 0 aliphatic heterocycles. The quantitative estimate of drug-likeness (QED) is 0.0355. The van der Waals surface area contributed by atoms with Crippen molar-refractivity contribution in [3.05, 3.63) is 206 Å². The zero-order valence-corrected chi connectivity index (χ0v) is 39.1. The fourth-order valence-electron chi connectivity index (χ4n) is 9.18. The molecule has 350 valence electrons. The molecule has 0 aromatic heterocycles. The first-order valence-electron chi connectivity index (χ1n) is 23.1. The summed E-state index contributed by atoms with van der Waals surface area (Å²) in [7, 11) is 3.02. The molecule has 0 heterocycles. The highest BCUT2D eigenvalue weighted by atomic mass is 16.3. The van der Waals surface area contributed by atoms with Crippen molar-refractivity contribution in [1.82, 2.24) is 0 Å². The molecule has 0 saturated carbocycles. The molecule has 0 bridgehead atoms. The number of benzene rings is 10. The van der Waals surface area contributed by atoms with Crippen LogP contribution < -0.4 is 20.7 Å². The predicted octanol–water partition coefficient (Wildman–Crippen LogP) is 11.1. The van der Waals surface area contributed by atoms with E-state index in [2.05, 4.69) is 131 Å². The van der Waals surface area contributed by atoms with Gasteiger partial charge in [-0.3, -0.25) is 0 Å². The van der Waals surface area contributed by atoms with Gasteiger partial charge in [0.05, 0.1) is 5.56 Å². The normalized spacial score (nSPS) is 11.1. The van der Waals surface area contributed by atoms with Crippen LogP contribution in [0.2, 0.25) is 0 Å². The van der Waals surface area contributed by atoms with Crippen LogP contribution in [0.5, 0.6) is 46.0 Å². The predicted molar refractivity (Wildman–Crippen MR) is 293 cm³/mol. The standard InChI is InChI=1S/C60H46B2N2O8/c61-51-49(54(66)59(71)60(72)56(51)68)41-19-31-47(32-20-41)63(43-23-11-37(12-24-43)35-7-3-1-4-8-35)45-27-15-39(16-28-45)40-17-29-46(30-18-40)64(44-25-13-38(14-26-44)36-9-5-2-6-10-36)48-33-21-42(22-34-48)50-53(65)52(62)57(69)58(70)55(50)67/h1-34,65-72H,61-62H2. The van der Waals surface area contributed by atoms with Crippen LogP contribution >= 0.6 is 0 Å². The first-order valence-corrected chi connectivity index (χ1v) is 23.1. The average Bonchev–Trinajstić information content (AvgIpc) is 3.43. The Morgan fingerprint density at radius 3 is 0.778 bits per heavy atom. The summed E-state index contributed by atoms with van der Waals surface area (Å²) in [6, 6.07) is 68.0. The molecule has 0 atom stereocenters. The lowest BCUT2D eigenvalue weighted by Crippen LogP contribution is -2.11. The zero-order chi connectivity index (χ0) is 50.2. The second-order valence-corrected chi connectivity index (χ2v) is 17.5. The molecule has 0 aliphatic rings. The number of nitrogens with zero attached hydrogens (tertiary/aromatic N) is 2. The Morgan fingerprint density at radius 1 is 0.208 bits per heavy atom. The van der Waals surface area contributed by atoms with Gasteiger partial charge in [0.2, 0.25) is 17.2 Å². The van der Waals surface area contributed by atoms with Gasteiger partial charge >= 0.3 is 0 Å². The Balaban J connectivity index is 0.986. The summed E-state index contributed by atoms with van der Waals surface area (Å²) in [5.74, 6) is -4.84. The minimum absolute atomic E-state index is 0.0103. The van der Waals surface area contributed by atoms with E-state index in [1.54, 1.807) is 32.1 Å². The number of phenols is 8. The van der Waals surface area contributed by atoms with E-state index in [0.29, 0.717) is 11.1 Å². The highest BCUT2D eigenvalue weighted by Crippen LogP contribution is 2.49. The molecule has 72 heavy (non-hydrogen) atoms. The van der Waals surface area contributed by atoms with Crippen LogP contribution in [0.3, 0.4) is 0 Å². The number of aromatic hydroxyl groups is 8. The summed E-state index contributed by atoms with van der Waals surface area (Å²) >= 11 is 0. The molecular formula is C60H46B2N2O8. The van der Waals surface area contributed by atoms with E-state index >= 15 is 0 Å². The number of anilines is 6. The largest absolute Gasteiger partial charge is 0.508 e. The second-order valence-electron chi connectivity index (χ2n) is 17.5. The fraction of sp³-hybridized carbons (Fsp3) is 0. The third-order valence-electron chi connectivity index (χ3n) is 13.2. The Labute approximate surface area is 417 Å². The van der Waals surface area contributed by atoms with Crippen LogP contribution in [-0.2, 0) is 0 Å². The van der Waals surface area contributed by atoms with E-state index in [4.69, 9.17) is 0 Å². The summed E-state index contributed by atoms with van der Waals surface area (Å²) in [6.45, 7) is 0. The van der Waals surface area contributed by atoms with E-state index in [1.165, 1.54) is 7.85 Å². The molecule has 0 saturated heterocycles. The highest BCUT2D eigenvalue weighted by molar-refractivity contribution is 6.39. The van der Waals surface area contributed by atoms with E-state index < -0.39 is 40.2 Å². The third-order valence-corrected chi connectivity index (χ3v) is 13.2. The molecule has 10 rings (SSSR count). The summed E-state index contributed by atoms with van der Waals surface area (Å²) in [6.07, 6.45) is 0. The average molecular weight is 945 g/mol. The molecule has 0 aliphatic carbocycles. The molecule has 12 heteroatoms. The Kier molecular flexibility index (Phi) is 12.2. The maximum absolute atomic E-state index is 10.9. The van der Waals surface area contributed by atoms with Crippen molar-refractivity contribution in [2.45, 2.75) is 0 Å². The van der Waals surface area contributed by atoms with Gasteiger partial charge in [-0.05, 0) is 128 Å². The Bertz CT molecular complexity index is 3280. The lowest BCUT2D eigenvalue weighted by molar-refractivity contribution is 0.348. The Morgan fingerprint density at radius 2 is 0.444 bits per heavy atom.